The summed E-state index contributed by atoms with van der Waals surface area (Å²) in [5, 5.41) is 45.7. The lowest BCUT2D eigenvalue weighted by molar-refractivity contribution is -0.347. The van der Waals surface area contributed by atoms with Gasteiger partial charge in [0.1, 0.15) is 48.1 Å². The molecule has 0 radical (unpaired) electrons. The molecule has 2 saturated heterocycles. The Hall–Kier alpha value is -2.93. The number of phosphoric acid groups is 3. The van der Waals surface area contributed by atoms with Gasteiger partial charge in [-0.25, -0.2) is 19.3 Å². The number of imidazole rings is 1. The number of carbonyl (C=O) groups excluding carboxylic acids is 4. The van der Waals surface area contributed by atoms with E-state index in [4.69, 9.17) is 19.9 Å². The number of fused-ring (bicyclic) bond motifs is 1. The summed E-state index contributed by atoms with van der Waals surface area (Å²) in [5.41, 5.74) is 4.00. The standard InChI is InChI=1S/C35H58N7O22P3S/c1-18(60-34-22(45)13-21(44)19(2)61-34)6-5-7-20(43)12-25(47)68-11-10-37-24(46)8-9-38-32(50)29(49)35(3,4)15-59-67(56,57)64-66(54,55)58-14-23-28(63-65(51,52)53)27(48)33(62-23)42-17-41-26-30(36)39-16-40-31(26)42/h16-19,21-23,27-29,33-34,44-45,48-49H,5-15H2,1-4H3,(H,37,46)(H,38,50)(H,54,55)(H,56,57)(H2,36,39,40)(H2,51,52,53)/p-4/t18-,19+,21-,22-,23-,27-,28-,29+,33-,34-/m1/s1. The smallest absolute Gasteiger partial charge is 0.274 e. The number of carbonyl (C=O) groups is 4. The number of Topliss-reactive ketones (excluding diaryl/α,β-unsaturated/α-hetero) is 1. The van der Waals surface area contributed by atoms with Crippen LogP contribution in [0.3, 0.4) is 0 Å². The monoisotopic (exact) mass is 1050 g/mol. The summed E-state index contributed by atoms with van der Waals surface area (Å²) in [5.74, 6) is -1.85. The molecule has 0 aliphatic carbocycles. The van der Waals surface area contributed by atoms with Gasteiger partial charge in [0.05, 0.1) is 52.1 Å². The molecule has 8 N–H and O–H groups in total. The Morgan fingerprint density at radius 3 is 2.38 bits per heavy atom. The molecule has 0 saturated carbocycles. The minimum atomic E-state index is -5.95. The van der Waals surface area contributed by atoms with Crippen LogP contribution in [0.1, 0.15) is 72.4 Å². The van der Waals surface area contributed by atoms with E-state index in [0.29, 0.717) is 12.8 Å². The summed E-state index contributed by atoms with van der Waals surface area (Å²) in [7, 11) is -17.7. The second-order valence-corrected chi connectivity index (χ2v) is 21.6. The van der Waals surface area contributed by atoms with Gasteiger partial charge >= 0.3 is 0 Å². The molecular weight excluding hydrogens is 995 g/mol. The maximum Gasteiger partial charge on any atom is 0.274 e. The van der Waals surface area contributed by atoms with Crippen LogP contribution in [0.4, 0.5) is 5.82 Å². The van der Waals surface area contributed by atoms with Gasteiger partial charge in [-0.2, -0.15) is 0 Å². The predicted octanol–water partition coefficient (Wildman–Crippen LogP) is -3.47. The molecule has 2 amide bonds. The summed E-state index contributed by atoms with van der Waals surface area (Å²) in [4.78, 5) is 109. The number of ether oxygens (including phenoxy) is 3. The maximum atomic E-state index is 12.6. The lowest BCUT2D eigenvalue weighted by atomic mass is 9.87. The number of nitrogens with one attached hydrogen (secondary N) is 2. The van der Waals surface area contributed by atoms with Gasteiger partial charge < -0.3 is 88.7 Å². The van der Waals surface area contributed by atoms with Crippen molar-refractivity contribution >= 4 is 74.9 Å². The number of anilines is 1. The quantitative estimate of drug-likeness (QED) is 0.0260. The van der Waals surface area contributed by atoms with Crippen molar-refractivity contribution in [1.29, 1.82) is 0 Å². The van der Waals surface area contributed by atoms with E-state index in [1.807, 2.05) is 0 Å². The van der Waals surface area contributed by atoms with E-state index in [1.165, 1.54) is 13.8 Å². The molecule has 2 unspecified atom stereocenters. The Bertz CT molecular complexity index is 2200. The normalized spacial score (nSPS) is 26.1. The van der Waals surface area contributed by atoms with Crippen molar-refractivity contribution in [3.63, 3.8) is 0 Å². The lowest BCUT2D eigenvalue weighted by Gasteiger charge is -2.36. The molecule has 2 aromatic rings. The minimum absolute atomic E-state index is 0.0289. The highest BCUT2D eigenvalue weighted by atomic mass is 32.2. The van der Waals surface area contributed by atoms with Crippen LogP contribution in [0, 0.1) is 5.41 Å². The molecule has 386 valence electrons. The zero-order valence-corrected chi connectivity index (χ0v) is 40.5. The second kappa shape index (κ2) is 24.9. The van der Waals surface area contributed by atoms with E-state index in [0.717, 1.165) is 29.0 Å². The molecule has 29 nitrogen and oxygen atoms in total. The van der Waals surface area contributed by atoms with E-state index >= 15 is 0 Å². The molecule has 2 aliphatic heterocycles. The summed E-state index contributed by atoms with van der Waals surface area (Å²) >= 11 is 0.840. The van der Waals surface area contributed by atoms with Gasteiger partial charge in [-0.15, -0.1) is 0 Å². The number of hydrogen-bond donors (Lipinski definition) is 7. The molecule has 2 fully saturated rings. The van der Waals surface area contributed by atoms with Gasteiger partial charge in [-0.1, -0.05) is 25.6 Å². The Morgan fingerprint density at radius 2 is 1.69 bits per heavy atom. The summed E-state index contributed by atoms with van der Waals surface area (Å²) in [6, 6.07) is 0. The third-order valence-electron chi connectivity index (χ3n) is 10.2. The van der Waals surface area contributed by atoms with Crippen molar-refractivity contribution < 1.29 is 105 Å². The number of nitrogens with zero attached hydrogens (tertiary/aromatic N) is 4. The van der Waals surface area contributed by atoms with Gasteiger partial charge in [0.25, 0.3) is 15.6 Å². The number of ketones is 1. The third kappa shape index (κ3) is 17.7. The number of thioether (sulfide) groups is 1. The number of amides is 2. The summed E-state index contributed by atoms with van der Waals surface area (Å²) in [6.07, 6.45) is -10.6. The first-order chi connectivity index (χ1) is 31.6. The van der Waals surface area contributed by atoms with E-state index in [1.54, 1.807) is 13.8 Å². The van der Waals surface area contributed by atoms with Crippen LogP contribution in [0.15, 0.2) is 12.7 Å². The molecule has 0 spiro atoms. The van der Waals surface area contributed by atoms with Crippen LogP contribution in [0.5, 0.6) is 0 Å². The highest BCUT2D eigenvalue weighted by Gasteiger charge is 2.47. The van der Waals surface area contributed by atoms with E-state index in [9.17, 15) is 72.9 Å². The van der Waals surface area contributed by atoms with Crippen LogP contribution in [0.25, 0.3) is 11.2 Å². The number of aromatic nitrogens is 4. The maximum absolute atomic E-state index is 12.6. The Labute approximate surface area is 392 Å². The van der Waals surface area contributed by atoms with Crippen LogP contribution in [-0.4, -0.2) is 150 Å². The molecule has 12 atom stereocenters. The average molecular weight is 1050 g/mol. The van der Waals surface area contributed by atoms with Crippen LogP contribution in [-0.2, 0) is 65.0 Å². The minimum Gasteiger partial charge on any atom is -0.790 e. The van der Waals surface area contributed by atoms with Crippen molar-refractivity contribution in [2.75, 3.05) is 37.8 Å². The third-order valence-corrected chi connectivity index (χ3v) is 14.1. The Kier molecular flexibility index (Phi) is 21.2. The molecule has 2 aromatic heterocycles. The van der Waals surface area contributed by atoms with Gasteiger partial charge in [0, 0.05) is 43.5 Å². The van der Waals surface area contributed by atoms with Crippen molar-refractivity contribution in [2.45, 2.75) is 128 Å². The second-order valence-electron chi connectivity index (χ2n) is 16.3. The van der Waals surface area contributed by atoms with Crippen LogP contribution < -0.4 is 35.9 Å². The van der Waals surface area contributed by atoms with Crippen molar-refractivity contribution in [2.24, 2.45) is 5.41 Å². The van der Waals surface area contributed by atoms with Crippen molar-refractivity contribution in [3.05, 3.63) is 12.7 Å². The largest absolute Gasteiger partial charge is 0.790 e. The van der Waals surface area contributed by atoms with Crippen molar-refractivity contribution in [1.82, 2.24) is 30.2 Å². The first-order valence-electron chi connectivity index (χ1n) is 20.7. The van der Waals surface area contributed by atoms with Crippen LogP contribution >= 0.6 is 35.2 Å². The highest BCUT2D eigenvalue weighted by Crippen LogP contribution is 2.56. The summed E-state index contributed by atoms with van der Waals surface area (Å²) in [6.45, 7) is 3.17. The highest BCUT2D eigenvalue weighted by molar-refractivity contribution is 8.13. The zero-order valence-electron chi connectivity index (χ0n) is 37.0. The molecular formula is C35H54N7O22P3S-4. The number of nitrogens with two attached hydrogens (primary N) is 1. The zero-order chi connectivity index (χ0) is 50.8. The van der Waals surface area contributed by atoms with Crippen LogP contribution in [0.2, 0.25) is 0 Å². The van der Waals surface area contributed by atoms with Crippen molar-refractivity contribution in [3.8, 4) is 0 Å². The van der Waals surface area contributed by atoms with E-state index in [2.05, 4.69) is 43.5 Å². The average Bonchev–Trinajstić information content (AvgIpc) is 3.79. The van der Waals surface area contributed by atoms with E-state index < -0.39 is 114 Å². The molecule has 4 rings (SSSR count). The number of phosphoric ester groups is 3. The first kappa shape index (κ1) is 57.6. The number of rotatable bonds is 27. The fourth-order valence-corrected chi connectivity index (χ4v) is 9.95. The Morgan fingerprint density at radius 1 is 1.00 bits per heavy atom. The molecule has 0 bridgehead atoms. The first-order valence-corrected chi connectivity index (χ1v) is 26.1. The van der Waals surface area contributed by atoms with Gasteiger partial charge in [0.2, 0.25) is 11.8 Å². The number of aliphatic hydroxyl groups excluding tert-OH is 4. The van der Waals surface area contributed by atoms with E-state index in [-0.39, 0.29) is 73.4 Å². The Balaban J connectivity index is 1.12. The SMILES string of the molecule is C[C@H](CCCC(=O)CC(=O)SCCNC(=O)CCNC(=O)[C@H](O)C(C)(C)COP(=O)([O-])OP(=O)([O-])OC[C@H]1O[C@@H](n2cnc3c(N)ncnc32)[C@H](O)[C@@H]1OP(=O)([O-])[O-])O[C@@H]1O[C@@H](C)[C@H](O)C[C@H]1O. The molecule has 33 heteroatoms. The topological polar surface area (TPSA) is 451 Å². The number of hydrogen-bond acceptors (Lipinski definition) is 27. The number of nitrogen functional groups attached to an aromatic ring is 1. The molecule has 0 aromatic carbocycles. The van der Waals surface area contributed by atoms with Gasteiger partial charge in [0.15, 0.2) is 29.1 Å². The number of aliphatic hydroxyl groups is 4. The molecule has 4 heterocycles. The fourth-order valence-electron chi connectivity index (χ4n) is 6.52. The predicted molar refractivity (Wildman–Crippen MR) is 223 cm³/mol. The summed E-state index contributed by atoms with van der Waals surface area (Å²) < 4.78 is 71.9. The van der Waals surface area contributed by atoms with Gasteiger partial charge in [-0.3, -0.25) is 32.9 Å². The fraction of sp³-hybridized carbons (Fsp3) is 0.743. The molecule has 2 aliphatic rings. The molecule has 68 heavy (non-hydrogen) atoms. The van der Waals surface area contributed by atoms with Gasteiger partial charge in [-0.05, 0) is 26.7 Å². The lowest BCUT2D eigenvalue weighted by Crippen LogP contribution is -2.48.